The van der Waals surface area contributed by atoms with Crippen LogP contribution in [0.4, 0.5) is 5.69 Å². The number of unbranched alkanes of at least 4 members (excludes halogenated alkanes) is 2. The number of likely N-dealkylation sites (tertiary alicyclic amines) is 1. The first kappa shape index (κ1) is 17.8. The smallest absolute Gasteiger partial charge is 0.224 e. The number of carbonyl (C=O) groups excluding carboxylic acids is 1. The predicted molar refractivity (Wildman–Crippen MR) is 95.0 cm³/mol. The van der Waals surface area contributed by atoms with Crippen LogP contribution in [0.3, 0.4) is 0 Å². The second-order valence-corrected chi connectivity index (χ2v) is 6.28. The van der Waals surface area contributed by atoms with E-state index in [1.54, 1.807) is 0 Å². The van der Waals surface area contributed by atoms with E-state index in [-0.39, 0.29) is 5.91 Å². The Labute approximate surface area is 140 Å². The summed E-state index contributed by atoms with van der Waals surface area (Å²) in [7, 11) is 0. The molecule has 1 aliphatic heterocycles. The van der Waals surface area contributed by atoms with Crippen LogP contribution in [0.5, 0.6) is 5.75 Å². The highest BCUT2D eigenvalue weighted by Gasteiger charge is 2.10. The summed E-state index contributed by atoms with van der Waals surface area (Å²) in [5, 5.41) is 2.96. The topological polar surface area (TPSA) is 41.6 Å². The molecule has 1 aromatic carbocycles. The van der Waals surface area contributed by atoms with Gasteiger partial charge in [-0.05, 0) is 76.0 Å². The normalized spacial score (nSPS) is 14.8. The molecule has 0 unspecified atom stereocenters. The molecule has 0 bridgehead atoms. The number of hydrogen-bond acceptors (Lipinski definition) is 3. The van der Waals surface area contributed by atoms with Gasteiger partial charge in [-0.3, -0.25) is 4.79 Å². The van der Waals surface area contributed by atoms with Crippen molar-refractivity contribution in [2.45, 2.75) is 51.9 Å². The van der Waals surface area contributed by atoms with Gasteiger partial charge in [-0.15, -0.1) is 0 Å². The van der Waals surface area contributed by atoms with Gasteiger partial charge in [0, 0.05) is 12.1 Å². The Hall–Kier alpha value is -1.55. The molecule has 1 saturated heterocycles. The molecule has 0 atom stereocenters. The van der Waals surface area contributed by atoms with Crippen LogP contribution in [0.1, 0.15) is 51.9 Å². The van der Waals surface area contributed by atoms with Crippen LogP contribution in [0.25, 0.3) is 0 Å². The van der Waals surface area contributed by atoms with Crippen molar-refractivity contribution < 1.29 is 9.53 Å². The minimum Gasteiger partial charge on any atom is -0.494 e. The zero-order chi connectivity index (χ0) is 16.3. The maximum Gasteiger partial charge on any atom is 0.224 e. The van der Waals surface area contributed by atoms with Crippen LogP contribution in [0, 0.1) is 0 Å². The fraction of sp³-hybridized carbons (Fsp3) is 0.632. The lowest BCUT2D eigenvalue weighted by atomic mass is 10.2. The van der Waals surface area contributed by atoms with Crippen LogP contribution in [-0.2, 0) is 4.79 Å². The minimum atomic E-state index is 0.103. The summed E-state index contributed by atoms with van der Waals surface area (Å²) in [4.78, 5) is 14.4. The van der Waals surface area contributed by atoms with Crippen molar-refractivity contribution in [1.82, 2.24) is 4.90 Å². The van der Waals surface area contributed by atoms with Crippen molar-refractivity contribution in [2.75, 3.05) is 31.6 Å². The summed E-state index contributed by atoms with van der Waals surface area (Å²) < 4.78 is 5.62. The Balaban J connectivity index is 1.60. The quantitative estimate of drug-likeness (QED) is 0.661. The summed E-state index contributed by atoms with van der Waals surface area (Å²) in [5.41, 5.74) is 0.845. The van der Waals surface area contributed by atoms with Gasteiger partial charge in [-0.25, -0.2) is 0 Å². The summed E-state index contributed by atoms with van der Waals surface area (Å²) in [6, 6.07) is 7.64. The molecule has 0 spiro atoms. The number of nitrogens with one attached hydrogen (secondary N) is 1. The zero-order valence-electron chi connectivity index (χ0n) is 14.4. The maximum absolute atomic E-state index is 11.9. The van der Waals surface area contributed by atoms with E-state index in [0.717, 1.165) is 50.3 Å². The van der Waals surface area contributed by atoms with E-state index < -0.39 is 0 Å². The molecule has 1 N–H and O–H groups in total. The number of nitrogens with zero attached hydrogens (tertiary/aromatic N) is 1. The Bertz CT molecular complexity index is 453. The highest BCUT2D eigenvalue weighted by Crippen LogP contribution is 2.16. The summed E-state index contributed by atoms with van der Waals surface area (Å²) in [6.45, 7) is 6.50. The van der Waals surface area contributed by atoms with Crippen molar-refractivity contribution >= 4 is 11.6 Å². The Morgan fingerprint density at radius 2 is 1.87 bits per heavy atom. The maximum atomic E-state index is 11.9. The predicted octanol–water partition coefficient (Wildman–Crippen LogP) is 4.07. The van der Waals surface area contributed by atoms with Crippen LogP contribution in [0.2, 0.25) is 0 Å². The molecule has 1 aromatic rings. The van der Waals surface area contributed by atoms with Gasteiger partial charge in [0.25, 0.3) is 0 Å². The number of rotatable bonds is 10. The lowest BCUT2D eigenvalue weighted by molar-refractivity contribution is -0.116. The monoisotopic (exact) mass is 318 g/mol. The highest BCUT2D eigenvalue weighted by atomic mass is 16.5. The first-order valence-corrected chi connectivity index (χ1v) is 9.03. The van der Waals surface area contributed by atoms with Gasteiger partial charge in [-0.1, -0.05) is 13.3 Å². The second kappa shape index (κ2) is 10.3. The van der Waals surface area contributed by atoms with Gasteiger partial charge in [0.15, 0.2) is 0 Å². The fourth-order valence-corrected chi connectivity index (χ4v) is 2.82. The molecule has 0 aromatic heterocycles. The van der Waals surface area contributed by atoms with Crippen molar-refractivity contribution in [2.24, 2.45) is 0 Å². The van der Waals surface area contributed by atoms with Gasteiger partial charge in [0.1, 0.15) is 5.75 Å². The van der Waals surface area contributed by atoms with E-state index in [4.69, 9.17) is 4.74 Å². The van der Waals surface area contributed by atoms with Crippen LogP contribution in [0.15, 0.2) is 24.3 Å². The van der Waals surface area contributed by atoms with E-state index in [1.807, 2.05) is 24.3 Å². The number of anilines is 1. The molecule has 0 saturated carbocycles. The number of hydrogen-bond donors (Lipinski definition) is 1. The summed E-state index contributed by atoms with van der Waals surface area (Å²) in [5.74, 6) is 0.966. The number of carbonyl (C=O) groups is 1. The molecule has 2 rings (SSSR count). The third-order valence-corrected chi connectivity index (χ3v) is 4.23. The molecule has 1 amide bonds. The van der Waals surface area contributed by atoms with Crippen molar-refractivity contribution in [1.29, 1.82) is 0 Å². The number of ether oxygens (including phenoxy) is 1. The second-order valence-electron chi connectivity index (χ2n) is 6.28. The molecule has 23 heavy (non-hydrogen) atoms. The molecule has 1 aliphatic rings. The standard InChI is InChI=1S/C19H30N2O2/c1-2-3-16-23-18-11-9-17(10-12-18)20-19(22)8-4-5-13-21-14-6-7-15-21/h9-12H,2-8,13-16H2,1H3,(H,20,22). The van der Waals surface area contributed by atoms with E-state index in [9.17, 15) is 4.79 Å². The average molecular weight is 318 g/mol. The summed E-state index contributed by atoms with van der Waals surface area (Å²) in [6.07, 6.45) is 7.53. The molecule has 1 heterocycles. The third kappa shape index (κ3) is 7.04. The molecule has 4 heteroatoms. The fourth-order valence-electron chi connectivity index (χ4n) is 2.82. The lowest BCUT2D eigenvalue weighted by Crippen LogP contribution is -2.20. The first-order valence-electron chi connectivity index (χ1n) is 9.03. The minimum absolute atomic E-state index is 0.103. The van der Waals surface area contributed by atoms with E-state index in [1.165, 1.54) is 25.9 Å². The van der Waals surface area contributed by atoms with Gasteiger partial charge < -0.3 is 15.0 Å². The molecular formula is C19H30N2O2. The van der Waals surface area contributed by atoms with Gasteiger partial charge in [0.2, 0.25) is 5.91 Å². The average Bonchev–Trinajstić information content (AvgIpc) is 3.07. The molecule has 1 fully saturated rings. The van der Waals surface area contributed by atoms with E-state index in [0.29, 0.717) is 6.42 Å². The Kier molecular flexibility index (Phi) is 7.95. The van der Waals surface area contributed by atoms with Crippen LogP contribution in [-0.4, -0.2) is 37.0 Å². The molecule has 0 aliphatic carbocycles. The van der Waals surface area contributed by atoms with Crippen molar-refractivity contribution in [3.8, 4) is 5.75 Å². The lowest BCUT2D eigenvalue weighted by Gasteiger charge is -2.13. The van der Waals surface area contributed by atoms with Gasteiger partial charge in [-0.2, -0.15) is 0 Å². The number of amides is 1. The van der Waals surface area contributed by atoms with Crippen LogP contribution >= 0.6 is 0 Å². The zero-order valence-corrected chi connectivity index (χ0v) is 14.4. The van der Waals surface area contributed by atoms with Crippen molar-refractivity contribution in [3.05, 3.63) is 24.3 Å². The molecule has 0 radical (unpaired) electrons. The Morgan fingerprint density at radius 3 is 2.57 bits per heavy atom. The van der Waals surface area contributed by atoms with E-state index >= 15 is 0 Å². The van der Waals surface area contributed by atoms with Crippen LogP contribution < -0.4 is 10.1 Å². The van der Waals surface area contributed by atoms with Gasteiger partial charge in [0.05, 0.1) is 6.61 Å². The van der Waals surface area contributed by atoms with E-state index in [2.05, 4.69) is 17.1 Å². The summed E-state index contributed by atoms with van der Waals surface area (Å²) >= 11 is 0. The molecule has 128 valence electrons. The Morgan fingerprint density at radius 1 is 1.13 bits per heavy atom. The highest BCUT2D eigenvalue weighted by molar-refractivity contribution is 5.90. The van der Waals surface area contributed by atoms with Gasteiger partial charge >= 0.3 is 0 Å². The van der Waals surface area contributed by atoms with Crippen molar-refractivity contribution in [3.63, 3.8) is 0 Å². The first-order chi connectivity index (χ1) is 11.3. The number of benzene rings is 1. The molecule has 4 nitrogen and oxygen atoms in total. The largest absolute Gasteiger partial charge is 0.494 e. The SMILES string of the molecule is CCCCOc1ccc(NC(=O)CCCCN2CCCC2)cc1. The third-order valence-electron chi connectivity index (χ3n) is 4.23. The molecular weight excluding hydrogens is 288 g/mol.